The van der Waals surface area contributed by atoms with E-state index in [4.69, 9.17) is 10.00 Å². The zero-order chi connectivity index (χ0) is 14.2. The summed E-state index contributed by atoms with van der Waals surface area (Å²) >= 11 is 0. The van der Waals surface area contributed by atoms with Crippen molar-refractivity contribution in [2.75, 3.05) is 26.2 Å². The summed E-state index contributed by atoms with van der Waals surface area (Å²) in [6, 6.07) is 9.50. The molecule has 0 saturated carbocycles. The van der Waals surface area contributed by atoms with Crippen molar-refractivity contribution < 1.29 is 4.74 Å². The molecule has 1 aromatic carbocycles. The van der Waals surface area contributed by atoms with Crippen LogP contribution in [-0.4, -0.2) is 31.1 Å². The average molecular weight is 272 g/mol. The summed E-state index contributed by atoms with van der Waals surface area (Å²) < 4.78 is 5.71. The van der Waals surface area contributed by atoms with Crippen LogP contribution < -0.4 is 4.74 Å². The van der Waals surface area contributed by atoms with Crippen LogP contribution in [0.5, 0.6) is 5.75 Å². The quantitative estimate of drug-likeness (QED) is 0.770. The number of benzene rings is 1. The van der Waals surface area contributed by atoms with Gasteiger partial charge in [-0.25, -0.2) is 0 Å². The fraction of sp³-hybridized carbons (Fsp3) is 0.588. The number of nitriles is 1. The fourth-order valence-electron chi connectivity index (χ4n) is 2.68. The van der Waals surface area contributed by atoms with E-state index in [1.165, 1.54) is 32.4 Å². The van der Waals surface area contributed by atoms with Gasteiger partial charge in [-0.3, -0.25) is 0 Å². The average Bonchev–Trinajstić information content (AvgIpc) is 2.68. The first-order valence-corrected chi connectivity index (χ1v) is 7.63. The molecule has 1 heterocycles. The molecular formula is C17H24N2O. The second-order valence-electron chi connectivity index (χ2n) is 5.72. The van der Waals surface area contributed by atoms with Crippen LogP contribution in [0, 0.1) is 17.2 Å². The molecule has 0 amide bonds. The molecule has 0 spiro atoms. The smallest absolute Gasteiger partial charge is 0.120 e. The predicted octanol–water partition coefficient (Wildman–Crippen LogP) is 3.45. The normalized spacial score (nSPS) is 20.1. The molecule has 0 aromatic heterocycles. The van der Waals surface area contributed by atoms with Gasteiger partial charge in [0.2, 0.25) is 0 Å². The number of likely N-dealkylation sites (tertiary alicyclic amines) is 1. The SMILES string of the molecule is CC1CCCN(CCCOc2cccc(C#N)c2)CC1. The highest BCUT2D eigenvalue weighted by atomic mass is 16.5. The first-order chi connectivity index (χ1) is 9.78. The summed E-state index contributed by atoms with van der Waals surface area (Å²) in [5, 5.41) is 8.84. The molecule has 1 fully saturated rings. The third-order valence-corrected chi connectivity index (χ3v) is 3.96. The summed E-state index contributed by atoms with van der Waals surface area (Å²) in [7, 11) is 0. The van der Waals surface area contributed by atoms with E-state index in [1.807, 2.05) is 12.1 Å². The van der Waals surface area contributed by atoms with Gasteiger partial charge in [0.05, 0.1) is 18.2 Å². The number of ether oxygens (including phenoxy) is 1. The monoisotopic (exact) mass is 272 g/mol. The molecule has 20 heavy (non-hydrogen) atoms. The van der Waals surface area contributed by atoms with Crippen molar-refractivity contribution >= 4 is 0 Å². The van der Waals surface area contributed by atoms with E-state index in [9.17, 15) is 0 Å². The Hall–Kier alpha value is -1.53. The molecule has 1 unspecified atom stereocenters. The third kappa shape index (κ3) is 4.86. The Morgan fingerprint density at radius 2 is 2.25 bits per heavy atom. The molecule has 2 rings (SSSR count). The lowest BCUT2D eigenvalue weighted by Crippen LogP contribution is -2.27. The number of hydrogen-bond acceptors (Lipinski definition) is 3. The van der Waals surface area contributed by atoms with Crippen molar-refractivity contribution in [3.05, 3.63) is 29.8 Å². The molecule has 0 radical (unpaired) electrons. The van der Waals surface area contributed by atoms with E-state index in [0.29, 0.717) is 5.56 Å². The Kier molecular flexibility index (Phi) is 5.88. The minimum absolute atomic E-state index is 0.656. The molecule has 108 valence electrons. The highest BCUT2D eigenvalue weighted by Gasteiger charge is 2.12. The summed E-state index contributed by atoms with van der Waals surface area (Å²) in [4.78, 5) is 2.55. The highest BCUT2D eigenvalue weighted by molar-refractivity contribution is 5.36. The summed E-state index contributed by atoms with van der Waals surface area (Å²) in [6.45, 7) is 6.65. The minimum atomic E-state index is 0.656. The van der Waals surface area contributed by atoms with Gasteiger partial charge in [0.15, 0.2) is 0 Å². The van der Waals surface area contributed by atoms with Gasteiger partial charge in [0.25, 0.3) is 0 Å². The molecule has 0 N–H and O–H groups in total. The third-order valence-electron chi connectivity index (χ3n) is 3.96. The molecule has 1 aromatic rings. The number of nitrogens with zero attached hydrogens (tertiary/aromatic N) is 2. The van der Waals surface area contributed by atoms with E-state index >= 15 is 0 Å². The Bertz CT molecular complexity index is 453. The first-order valence-electron chi connectivity index (χ1n) is 7.63. The maximum absolute atomic E-state index is 8.84. The zero-order valence-corrected chi connectivity index (χ0v) is 12.3. The van der Waals surface area contributed by atoms with Gasteiger partial charge >= 0.3 is 0 Å². The van der Waals surface area contributed by atoms with Crippen LogP contribution >= 0.6 is 0 Å². The van der Waals surface area contributed by atoms with E-state index < -0.39 is 0 Å². The van der Waals surface area contributed by atoms with Gasteiger partial charge in [-0.15, -0.1) is 0 Å². The number of rotatable bonds is 5. The minimum Gasteiger partial charge on any atom is -0.494 e. The molecule has 3 heteroatoms. The molecule has 1 aliphatic heterocycles. The molecule has 1 aliphatic rings. The Morgan fingerprint density at radius 1 is 1.35 bits per heavy atom. The second kappa shape index (κ2) is 7.91. The van der Waals surface area contributed by atoms with Crippen LogP contribution in [0.1, 0.15) is 38.2 Å². The lowest BCUT2D eigenvalue weighted by molar-refractivity contribution is 0.238. The molecule has 0 bridgehead atoms. The molecule has 1 saturated heterocycles. The summed E-state index contributed by atoms with van der Waals surface area (Å²) in [5.41, 5.74) is 0.656. The summed E-state index contributed by atoms with van der Waals surface area (Å²) in [6.07, 6.45) is 5.07. The van der Waals surface area contributed by atoms with Crippen LogP contribution in [-0.2, 0) is 0 Å². The standard InChI is InChI=1S/C17H24N2O/c1-15-5-3-9-19(11-8-15)10-4-12-20-17-7-2-6-16(13-17)14-18/h2,6-7,13,15H,3-5,8-12H2,1H3. The van der Waals surface area contributed by atoms with Crippen molar-refractivity contribution in [2.24, 2.45) is 5.92 Å². The van der Waals surface area contributed by atoms with E-state index in [1.54, 1.807) is 12.1 Å². The lowest BCUT2D eigenvalue weighted by atomic mass is 10.0. The van der Waals surface area contributed by atoms with Crippen LogP contribution in [0.15, 0.2) is 24.3 Å². The molecule has 0 aliphatic carbocycles. The highest BCUT2D eigenvalue weighted by Crippen LogP contribution is 2.17. The maximum atomic E-state index is 8.84. The van der Waals surface area contributed by atoms with Gasteiger partial charge in [0.1, 0.15) is 5.75 Å². The topological polar surface area (TPSA) is 36.3 Å². The van der Waals surface area contributed by atoms with Crippen molar-refractivity contribution in [3.63, 3.8) is 0 Å². The maximum Gasteiger partial charge on any atom is 0.120 e. The molecule has 3 nitrogen and oxygen atoms in total. The van der Waals surface area contributed by atoms with E-state index in [2.05, 4.69) is 17.9 Å². The molecular weight excluding hydrogens is 248 g/mol. The van der Waals surface area contributed by atoms with Crippen LogP contribution in [0.25, 0.3) is 0 Å². The van der Waals surface area contributed by atoms with Crippen molar-refractivity contribution in [3.8, 4) is 11.8 Å². The van der Waals surface area contributed by atoms with Gasteiger partial charge in [-0.2, -0.15) is 5.26 Å². The van der Waals surface area contributed by atoms with Crippen molar-refractivity contribution in [2.45, 2.75) is 32.6 Å². The largest absolute Gasteiger partial charge is 0.494 e. The van der Waals surface area contributed by atoms with Crippen LogP contribution in [0.3, 0.4) is 0 Å². The Labute approximate surface area is 122 Å². The van der Waals surface area contributed by atoms with Gasteiger partial charge in [-0.1, -0.05) is 13.0 Å². The second-order valence-corrected chi connectivity index (χ2v) is 5.72. The predicted molar refractivity (Wildman–Crippen MR) is 80.7 cm³/mol. The van der Waals surface area contributed by atoms with Crippen LogP contribution in [0.2, 0.25) is 0 Å². The van der Waals surface area contributed by atoms with Gasteiger partial charge in [-0.05, 0) is 62.9 Å². The Morgan fingerprint density at radius 3 is 3.10 bits per heavy atom. The van der Waals surface area contributed by atoms with Gasteiger partial charge < -0.3 is 9.64 Å². The van der Waals surface area contributed by atoms with Gasteiger partial charge in [0, 0.05) is 6.54 Å². The van der Waals surface area contributed by atoms with E-state index in [-0.39, 0.29) is 0 Å². The first kappa shape index (κ1) is 14.9. The zero-order valence-electron chi connectivity index (χ0n) is 12.3. The van der Waals surface area contributed by atoms with E-state index in [0.717, 1.165) is 31.2 Å². The fourth-order valence-corrected chi connectivity index (χ4v) is 2.68. The lowest BCUT2D eigenvalue weighted by Gasteiger charge is -2.19. The molecule has 1 atom stereocenters. The van der Waals surface area contributed by atoms with Crippen molar-refractivity contribution in [1.82, 2.24) is 4.90 Å². The van der Waals surface area contributed by atoms with Crippen LogP contribution in [0.4, 0.5) is 0 Å². The summed E-state index contributed by atoms with van der Waals surface area (Å²) in [5.74, 6) is 1.68. The van der Waals surface area contributed by atoms with Crippen molar-refractivity contribution in [1.29, 1.82) is 5.26 Å². The Balaban J connectivity index is 1.67. The number of hydrogen-bond donors (Lipinski definition) is 0.